The van der Waals surface area contributed by atoms with Gasteiger partial charge in [-0.2, -0.15) is 0 Å². The van der Waals surface area contributed by atoms with Crippen LogP contribution in [0.2, 0.25) is 0 Å². The first-order chi connectivity index (χ1) is 13.5. The van der Waals surface area contributed by atoms with Crippen LogP contribution in [0.3, 0.4) is 0 Å². The molecule has 0 heterocycles. The first-order valence-electron chi connectivity index (χ1n) is 8.86. The van der Waals surface area contributed by atoms with Crippen LogP contribution in [0.4, 0.5) is 0 Å². The molecule has 140 valence electrons. The summed E-state index contributed by atoms with van der Waals surface area (Å²) < 4.78 is 10.2. The van der Waals surface area contributed by atoms with E-state index in [4.69, 9.17) is 9.47 Å². The van der Waals surface area contributed by atoms with E-state index in [0.717, 1.165) is 22.3 Å². The van der Waals surface area contributed by atoms with E-state index in [1.54, 1.807) is 24.3 Å². The lowest BCUT2D eigenvalue weighted by atomic mass is 9.95. The molecule has 4 nitrogen and oxygen atoms in total. The summed E-state index contributed by atoms with van der Waals surface area (Å²) in [5.41, 5.74) is 4.00. The quantitative estimate of drug-likeness (QED) is 0.354. The Labute approximate surface area is 164 Å². The molecule has 0 amide bonds. The van der Waals surface area contributed by atoms with Gasteiger partial charge in [-0.1, -0.05) is 54.6 Å². The molecule has 0 aromatic heterocycles. The first-order valence-corrected chi connectivity index (χ1v) is 8.86. The zero-order chi connectivity index (χ0) is 19.9. The van der Waals surface area contributed by atoms with Crippen molar-refractivity contribution in [3.05, 3.63) is 95.6 Å². The molecule has 28 heavy (non-hydrogen) atoms. The van der Waals surface area contributed by atoms with Crippen molar-refractivity contribution < 1.29 is 19.1 Å². The van der Waals surface area contributed by atoms with Crippen molar-refractivity contribution in [3.8, 4) is 11.5 Å². The van der Waals surface area contributed by atoms with Crippen LogP contribution in [0.15, 0.2) is 78.9 Å². The van der Waals surface area contributed by atoms with Crippen molar-refractivity contribution in [2.75, 3.05) is 0 Å². The average Bonchev–Trinajstić information content (AvgIpc) is 2.68. The van der Waals surface area contributed by atoms with Crippen molar-refractivity contribution in [2.45, 2.75) is 13.8 Å². The monoisotopic (exact) mass is 372 g/mol. The van der Waals surface area contributed by atoms with Crippen molar-refractivity contribution in [1.29, 1.82) is 0 Å². The van der Waals surface area contributed by atoms with Gasteiger partial charge < -0.3 is 9.47 Å². The third-order valence-electron chi connectivity index (χ3n) is 3.96. The summed E-state index contributed by atoms with van der Waals surface area (Å²) in [5, 5.41) is 0. The van der Waals surface area contributed by atoms with E-state index in [0.29, 0.717) is 11.5 Å². The summed E-state index contributed by atoms with van der Waals surface area (Å²) in [5.74, 6) is 0.295. The number of ether oxygens (including phenoxy) is 2. The smallest absolute Gasteiger partial charge is 0.308 e. The molecule has 0 atom stereocenters. The van der Waals surface area contributed by atoms with Gasteiger partial charge >= 0.3 is 11.9 Å². The fourth-order valence-corrected chi connectivity index (χ4v) is 2.79. The van der Waals surface area contributed by atoms with Gasteiger partial charge in [0.05, 0.1) is 0 Å². The molecule has 0 radical (unpaired) electrons. The molecule has 4 heteroatoms. The lowest BCUT2D eigenvalue weighted by molar-refractivity contribution is -0.132. The topological polar surface area (TPSA) is 52.6 Å². The van der Waals surface area contributed by atoms with Gasteiger partial charge in [0.15, 0.2) is 0 Å². The van der Waals surface area contributed by atoms with Gasteiger partial charge in [-0.05, 0) is 52.6 Å². The summed E-state index contributed by atoms with van der Waals surface area (Å²) in [4.78, 5) is 22.3. The lowest BCUT2D eigenvalue weighted by Crippen LogP contribution is -2.01. The summed E-state index contributed by atoms with van der Waals surface area (Å²) in [7, 11) is 0. The molecule has 3 rings (SSSR count). The van der Waals surface area contributed by atoms with Crippen molar-refractivity contribution in [2.24, 2.45) is 0 Å². The molecule has 0 spiro atoms. The molecule has 0 N–H and O–H groups in total. The van der Waals surface area contributed by atoms with Gasteiger partial charge in [0.1, 0.15) is 11.5 Å². The molecule has 3 aromatic rings. The predicted molar refractivity (Wildman–Crippen MR) is 109 cm³/mol. The minimum Gasteiger partial charge on any atom is -0.427 e. The maximum Gasteiger partial charge on any atom is 0.308 e. The van der Waals surface area contributed by atoms with E-state index in [9.17, 15) is 9.59 Å². The average molecular weight is 372 g/mol. The number of benzene rings is 3. The highest BCUT2D eigenvalue weighted by Gasteiger charge is 2.08. The normalized spacial score (nSPS) is 10.1. The third kappa shape index (κ3) is 5.17. The van der Waals surface area contributed by atoms with Crippen molar-refractivity contribution >= 4 is 23.6 Å². The molecular weight excluding hydrogens is 352 g/mol. The Balaban J connectivity index is 1.99. The molecule has 0 unspecified atom stereocenters. The van der Waals surface area contributed by atoms with E-state index in [2.05, 4.69) is 6.08 Å². The largest absolute Gasteiger partial charge is 0.427 e. The Hall–Kier alpha value is -3.66. The van der Waals surface area contributed by atoms with Crippen molar-refractivity contribution in [1.82, 2.24) is 0 Å². The van der Waals surface area contributed by atoms with E-state index in [1.165, 1.54) is 13.8 Å². The number of carbonyl (C=O) groups excluding carboxylic acids is 2. The zero-order valence-electron chi connectivity index (χ0n) is 15.7. The first kappa shape index (κ1) is 19.1. The van der Waals surface area contributed by atoms with E-state index in [1.807, 2.05) is 54.6 Å². The molecule has 0 bridgehead atoms. The van der Waals surface area contributed by atoms with E-state index >= 15 is 0 Å². The molecular formula is C24H20O4. The molecule has 3 aromatic carbocycles. The van der Waals surface area contributed by atoms with Gasteiger partial charge in [0.25, 0.3) is 0 Å². The van der Waals surface area contributed by atoms with Crippen LogP contribution >= 0.6 is 0 Å². The second-order valence-electron chi connectivity index (χ2n) is 6.20. The number of esters is 2. The minimum absolute atomic E-state index is 0.353. The van der Waals surface area contributed by atoms with Crippen LogP contribution in [0.5, 0.6) is 11.5 Å². The Bertz CT molecular complexity index is 924. The number of carbonyl (C=O) groups is 2. The summed E-state index contributed by atoms with van der Waals surface area (Å²) in [6.07, 6.45) is 2.08. The van der Waals surface area contributed by atoms with Crippen molar-refractivity contribution in [3.63, 3.8) is 0 Å². The molecule has 0 saturated carbocycles. The van der Waals surface area contributed by atoms with E-state index in [-0.39, 0.29) is 11.9 Å². The maximum absolute atomic E-state index is 11.1. The number of rotatable bonds is 5. The maximum atomic E-state index is 11.1. The minimum atomic E-state index is -0.353. The Morgan fingerprint density at radius 1 is 0.643 bits per heavy atom. The summed E-state index contributed by atoms with van der Waals surface area (Å²) >= 11 is 0. The van der Waals surface area contributed by atoms with Crippen LogP contribution < -0.4 is 9.47 Å². The molecule has 0 aliphatic rings. The standard InChI is InChI=1S/C24H20O4/c1-17(25)27-22-12-8-20(9-13-22)24(16-19-6-4-3-5-7-19)21-10-14-23(15-11-21)28-18(2)26/h3-16H,1-2H3. The Morgan fingerprint density at radius 2 is 1.07 bits per heavy atom. The highest BCUT2D eigenvalue weighted by Crippen LogP contribution is 2.29. The number of hydrogen-bond donors (Lipinski definition) is 0. The molecule has 0 aliphatic carbocycles. The summed E-state index contributed by atoms with van der Waals surface area (Å²) in [6.45, 7) is 2.75. The van der Waals surface area contributed by atoms with Crippen LogP contribution in [-0.2, 0) is 9.59 Å². The lowest BCUT2D eigenvalue weighted by Gasteiger charge is -2.11. The fourth-order valence-electron chi connectivity index (χ4n) is 2.79. The Morgan fingerprint density at radius 3 is 1.46 bits per heavy atom. The van der Waals surface area contributed by atoms with Crippen LogP contribution in [-0.4, -0.2) is 11.9 Å². The van der Waals surface area contributed by atoms with Gasteiger partial charge in [-0.3, -0.25) is 9.59 Å². The van der Waals surface area contributed by atoms with Crippen LogP contribution in [0.1, 0.15) is 30.5 Å². The molecule has 0 fully saturated rings. The fraction of sp³-hybridized carbons (Fsp3) is 0.0833. The second kappa shape index (κ2) is 8.82. The third-order valence-corrected chi connectivity index (χ3v) is 3.96. The SMILES string of the molecule is CC(=O)Oc1ccc(C(=Cc2ccccc2)c2ccc(OC(C)=O)cc2)cc1. The van der Waals surface area contributed by atoms with Gasteiger partial charge in [0, 0.05) is 13.8 Å². The molecule has 0 aliphatic heterocycles. The zero-order valence-corrected chi connectivity index (χ0v) is 15.7. The molecule has 0 saturated heterocycles. The highest BCUT2D eigenvalue weighted by atomic mass is 16.5. The van der Waals surface area contributed by atoms with Gasteiger partial charge in [-0.15, -0.1) is 0 Å². The highest BCUT2D eigenvalue weighted by molar-refractivity contribution is 5.91. The predicted octanol–water partition coefficient (Wildman–Crippen LogP) is 5.13. The summed E-state index contributed by atoms with van der Waals surface area (Å²) in [6, 6.07) is 24.7. The van der Waals surface area contributed by atoms with Gasteiger partial charge in [-0.25, -0.2) is 0 Å². The van der Waals surface area contributed by atoms with Crippen LogP contribution in [0, 0.1) is 0 Å². The van der Waals surface area contributed by atoms with Gasteiger partial charge in [0.2, 0.25) is 0 Å². The van der Waals surface area contributed by atoms with Crippen LogP contribution in [0.25, 0.3) is 11.6 Å². The Kier molecular flexibility index (Phi) is 6.02. The number of hydrogen-bond acceptors (Lipinski definition) is 4. The second-order valence-corrected chi connectivity index (χ2v) is 6.20. The van der Waals surface area contributed by atoms with E-state index < -0.39 is 0 Å².